The predicted molar refractivity (Wildman–Crippen MR) is 79.2 cm³/mol. The first kappa shape index (κ1) is 13.9. The summed E-state index contributed by atoms with van der Waals surface area (Å²) in [5, 5.41) is 3.54. The average molecular weight is 265 g/mol. The van der Waals surface area contributed by atoms with Crippen molar-refractivity contribution < 1.29 is 4.74 Å². The summed E-state index contributed by atoms with van der Waals surface area (Å²) in [6.45, 7) is 4.81. The minimum atomic E-state index is 0.501. The molecule has 0 aromatic rings. The molecule has 0 aromatic heterocycles. The maximum absolute atomic E-state index is 6.58. The third-order valence-electron chi connectivity index (χ3n) is 6.57. The minimum absolute atomic E-state index is 0.501. The maximum atomic E-state index is 6.58. The van der Waals surface area contributed by atoms with E-state index >= 15 is 0 Å². The highest BCUT2D eigenvalue weighted by atomic mass is 16.5. The monoisotopic (exact) mass is 265 g/mol. The van der Waals surface area contributed by atoms with Gasteiger partial charge in [0, 0.05) is 11.5 Å². The van der Waals surface area contributed by atoms with Crippen LogP contribution in [-0.2, 0) is 4.74 Å². The van der Waals surface area contributed by atoms with Gasteiger partial charge in [0.05, 0.1) is 12.2 Å². The van der Waals surface area contributed by atoms with Crippen molar-refractivity contribution in [2.24, 2.45) is 17.3 Å². The molecule has 0 aromatic carbocycles. The molecule has 0 heterocycles. The van der Waals surface area contributed by atoms with E-state index in [2.05, 4.69) is 26.2 Å². The molecule has 2 heteroatoms. The van der Waals surface area contributed by atoms with Gasteiger partial charge >= 0.3 is 0 Å². The van der Waals surface area contributed by atoms with Gasteiger partial charge in [-0.3, -0.25) is 0 Å². The molecule has 3 aliphatic rings. The largest absolute Gasteiger partial charge is 0.374 e. The van der Waals surface area contributed by atoms with Crippen molar-refractivity contribution in [2.45, 2.75) is 83.5 Å². The van der Waals surface area contributed by atoms with E-state index in [4.69, 9.17) is 4.74 Å². The smallest absolute Gasteiger partial charge is 0.0665 e. The van der Waals surface area contributed by atoms with Gasteiger partial charge in [-0.15, -0.1) is 0 Å². The van der Waals surface area contributed by atoms with Crippen LogP contribution >= 0.6 is 0 Å². The molecular weight excluding hydrogens is 234 g/mol. The summed E-state index contributed by atoms with van der Waals surface area (Å²) < 4.78 is 6.58. The van der Waals surface area contributed by atoms with Gasteiger partial charge in [-0.2, -0.15) is 0 Å². The topological polar surface area (TPSA) is 21.3 Å². The van der Waals surface area contributed by atoms with Crippen molar-refractivity contribution in [2.75, 3.05) is 7.05 Å². The highest BCUT2D eigenvalue weighted by Crippen LogP contribution is 2.55. The Morgan fingerprint density at radius 1 is 1.00 bits per heavy atom. The quantitative estimate of drug-likeness (QED) is 0.839. The van der Waals surface area contributed by atoms with E-state index in [0.717, 1.165) is 17.9 Å². The van der Waals surface area contributed by atoms with Gasteiger partial charge in [-0.05, 0) is 57.4 Å². The number of ether oxygens (including phenoxy) is 1. The molecule has 2 nitrogen and oxygen atoms in total. The highest BCUT2D eigenvalue weighted by Gasteiger charge is 2.56. The lowest BCUT2D eigenvalue weighted by Crippen LogP contribution is -2.62. The summed E-state index contributed by atoms with van der Waals surface area (Å²) in [6, 6.07) is 0.722. The van der Waals surface area contributed by atoms with E-state index < -0.39 is 0 Å². The molecular formula is C17H31NO. The minimum Gasteiger partial charge on any atom is -0.374 e. The number of hydrogen-bond donors (Lipinski definition) is 1. The van der Waals surface area contributed by atoms with Gasteiger partial charge in [0.15, 0.2) is 0 Å². The molecule has 5 unspecified atom stereocenters. The van der Waals surface area contributed by atoms with Crippen LogP contribution in [0.2, 0.25) is 0 Å². The van der Waals surface area contributed by atoms with Crippen LogP contribution in [0.1, 0.15) is 65.2 Å². The Kier molecular flexibility index (Phi) is 3.92. The van der Waals surface area contributed by atoms with Gasteiger partial charge in [0.2, 0.25) is 0 Å². The predicted octanol–water partition coefficient (Wildman–Crippen LogP) is 3.75. The van der Waals surface area contributed by atoms with Crippen LogP contribution in [0, 0.1) is 17.3 Å². The summed E-state index contributed by atoms with van der Waals surface area (Å²) >= 11 is 0. The van der Waals surface area contributed by atoms with E-state index in [0.29, 0.717) is 17.6 Å². The molecule has 1 spiro atoms. The molecule has 3 saturated carbocycles. The third-order valence-corrected chi connectivity index (χ3v) is 6.57. The second-order valence-corrected chi connectivity index (χ2v) is 7.53. The van der Waals surface area contributed by atoms with Crippen molar-refractivity contribution in [1.29, 1.82) is 0 Å². The van der Waals surface area contributed by atoms with Crippen molar-refractivity contribution >= 4 is 0 Å². The molecule has 0 amide bonds. The molecule has 0 saturated heterocycles. The van der Waals surface area contributed by atoms with Crippen LogP contribution in [0.25, 0.3) is 0 Å². The molecule has 0 bridgehead atoms. The molecule has 3 rings (SSSR count). The van der Waals surface area contributed by atoms with Crippen LogP contribution in [0.5, 0.6) is 0 Å². The summed E-state index contributed by atoms with van der Waals surface area (Å²) in [5.41, 5.74) is 0.501. The van der Waals surface area contributed by atoms with E-state index in [-0.39, 0.29) is 0 Å². The van der Waals surface area contributed by atoms with E-state index in [9.17, 15) is 0 Å². The Bertz CT molecular complexity index is 310. The van der Waals surface area contributed by atoms with Gasteiger partial charge < -0.3 is 10.1 Å². The van der Waals surface area contributed by atoms with Gasteiger partial charge in [0.1, 0.15) is 0 Å². The zero-order chi connectivity index (χ0) is 13.5. The Balaban J connectivity index is 1.58. The van der Waals surface area contributed by atoms with Crippen molar-refractivity contribution in [3.63, 3.8) is 0 Å². The van der Waals surface area contributed by atoms with Crippen molar-refractivity contribution in [3.8, 4) is 0 Å². The summed E-state index contributed by atoms with van der Waals surface area (Å²) in [6.07, 6.45) is 11.9. The third kappa shape index (κ3) is 2.35. The fraction of sp³-hybridized carbons (Fsp3) is 1.00. The van der Waals surface area contributed by atoms with Gasteiger partial charge in [0.25, 0.3) is 0 Å². The molecule has 110 valence electrons. The zero-order valence-corrected chi connectivity index (χ0v) is 13.0. The first-order chi connectivity index (χ1) is 9.15. The van der Waals surface area contributed by atoms with Gasteiger partial charge in [-0.1, -0.05) is 26.7 Å². The molecule has 1 N–H and O–H groups in total. The molecule has 5 atom stereocenters. The fourth-order valence-corrected chi connectivity index (χ4v) is 4.90. The lowest BCUT2D eigenvalue weighted by Gasteiger charge is -2.55. The van der Waals surface area contributed by atoms with Crippen molar-refractivity contribution in [3.05, 3.63) is 0 Å². The Hall–Kier alpha value is -0.0800. The first-order valence-electron chi connectivity index (χ1n) is 8.48. The molecule has 3 fully saturated rings. The second-order valence-electron chi connectivity index (χ2n) is 7.53. The lowest BCUT2D eigenvalue weighted by atomic mass is 9.60. The number of rotatable bonds is 3. The van der Waals surface area contributed by atoms with Crippen LogP contribution in [0.4, 0.5) is 0 Å². The first-order valence-corrected chi connectivity index (χ1v) is 8.48. The number of hydrogen-bond acceptors (Lipinski definition) is 2. The Morgan fingerprint density at radius 2 is 1.74 bits per heavy atom. The van der Waals surface area contributed by atoms with E-state index in [1.54, 1.807) is 0 Å². The van der Waals surface area contributed by atoms with E-state index in [1.807, 2.05) is 0 Å². The van der Waals surface area contributed by atoms with E-state index in [1.165, 1.54) is 51.4 Å². The molecule has 0 aliphatic heterocycles. The summed E-state index contributed by atoms with van der Waals surface area (Å²) in [7, 11) is 2.13. The molecule has 0 radical (unpaired) electrons. The molecule has 19 heavy (non-hydrogen) atoms. The highest BCUT2D eigenvalue weighted by molar-refractivity contribution is 5.09. The average Bonchev–Trinajstić information content (AvgIpc) is 2.90. The number of nitrogens with one attached hydrogen (secondary N) is 1. The molecule has 3 aliphatic carbocycles. The van der Waals surface area contributed by atoms with Crippen LogP contribution in [0.15, 0.2) is 0 Å². The van der Waals surface area contributed by atoms with Crippen molar-refractivity contribution in [1.82, 2.24) is 5.32 Å². The standard InChI is InChI=1S/C17H31NO/c1-12-6-7-14(10-13(12)2)19-16-11-15(18-3)17(16)8-4-5-9-17/h12-16,18H,4-11H2,1-3H3. The SMILES string of the molecule is CNC1CC(OC2CCC(C)C(C)C2)C12CCCC2. The summed E-state index contributed by atoms with van der Waals surface area (Å²) in [5.74, 6) is 1.74. The van der Waals surface area contributed by atoms with Gasteiger partial charge in [-0.25, -0.2) is 0 Å². The second kappa shape index (κ2) is 5.37. The zero-order valence-electron chi connectivity index (χ0n) is 13.0. The Morgan fingerprint density at radius 3 is 2.37 bits per heavy atom. The van der Waals surface area contributed by atoms with Crippen LogP contribution < -0.4 is 5.32 Å². The van der Waals surface area contributed by atoms with Crippen LogP contribution in [-0.4, -0.2) is 25.3 Å². The normalized spacial score (nSPS) is 45.3. The summed E-state index contributed by atoms with van der Waals surface area (Å²) in [4.78, 5) is 0. The maximum Gasteiger partial charge on any atom is 0.0665 e. The Labute approximate surface area is 118 Å². The fourth-order valence-electron chi connectivity index (χ4n) is 4.90. The lowest BCUT2D eigenvalue weighted by molar-refractivity contribution is -0.170. The van der Waals surface area contributed by atoms with Crippen LogP contribution in [0.3, 0.4) is 0 Å².